The molecule has 0 bridgehead atoms. The fourth-order valence-corrected chi connectivity index (χ4v) is 16.2. The third-order valence-electron chi connectivity index (χ3n) is 19.4. The first-order valence-corrected chi connectivity index (χ1v) is 33.4. The molecule has 0 saturated heterocycles. The third-order valence-corrected chi connectivity index (χ3v) is 20.5. The number of aromatic nitrogens is 4. The van der Waals surface area contributed by atoms with Gasteiger partial charge in [-0.25, -0.2) is 0 Å². The van der Waals surface area contributed by atoms with Crippen LogP contribution in [0.1, 0.15) is 0 Å². The Balaban J connectivity index is 0.000000136. The zero-order chi connectivity index (χ0) is 62.5. The van der Waals surface area contributed by atoms with Gasteiger partial charge in [-0.15, -0.1) is 11.3 Å². The number of fused-ring (bicyclic) bond motifs is 15. The molecule has 0 radical (unpaired) electrons. The molecule has 95 heavy (non-hydrogen) atoms. The van der Waals surface area contributed by atoms with E-state index in [1.807, 2.05) is 11.3 Å². The number of nitrogens with zero attached hydrogens (tertiary/aromatic N) is 4. The van der Waals surface area contributed by atoms with Crippen LogP contribution in [0.25, 0.3) is 175 Å². The molecule has 5 aromatic heterocycles. The topological polar surface area (TPSA) is 19.7 Å². The lowest BCUT2D eigenvalue weighted by molar-refractivity contribution is 1.17. The van der Waals surface area contributed by atoms with E-state index >= 15 is 0 Å². The number of benzene rings is 15. The Morgan fingerprint density at radius 1 is 0.147 bits per heavy atom. The second-order valence-electron chi connectivity index (χ2n) is 24.8. The van der Waals surface area contributed by atoms with Crippen molar-refractivity contribution in [2.45, 2.75) is 0 Å². The maximum Gasteiger partial charge on any atom is 0.0548 e. The first-order chi connectivity index (χ1) is 47.1. The van der Waals surface area contributed by atoms with Crippen molar-refractivity contribution in [3.8, 4) is 67.3 Å². The lowest BCUT2D eigenvalue weighted by atomic mass is 9.99. The first kappa shape index (κ1) is 54.5. The molecule has 0 fully saturated rings. The van der Waals surface area contributed by atoms with E-state index in [4.69, 9.17) is 0 Å². The van der Waals surface area contributed by atoms with Gasteiger partial charge in [0.05, 0.1) is 44.1 Å². The Labute approximate surface area is 552 Å². The average molecular weight is 1230 g/mol. The maximum absolute atomic E-state index is 2.46. The van der Waals surface area contributed by atoms with E-state index in [2.05, 4.69) is 370 Å². The molecule has 0 atom stereocenters. The summed E-state index contributed by atoms with van der Waals surface area (Å²) in [6, 6.07) is 128. The van der Waals surface area contributed by atoms with Gasteiger partial charge in [-0.1, -0.05) is 243 Å². The van der Waals surface area contributed by atoms with Crippen molar-refractivity contribution >= 4 is 119 Å². The molecule has 20 aromatic rings. The van der Waals surface area contributed by atoms with Gasteiger partial charge in [0.25, 0.3) is 0 Å². The quantitative estimate of drug-likeness (QED) is 0.144. The molecule has 0 aliphatic heterocycles. The molecule has 4 nitrogen and oxygen atoms in total. The van der Waals surface area contributed by atoms with Crippen LogP contribution in [0, 0.1) is 0 Å². The lowest BCUT2D eigenvalue weighted by Crippen LogP contribution is -1.95. The van der Waals surface area contributed by atoms with Gasteiger partial charge < -0.3 is 18.3 Å². The number of hydrogen-bond donors (Lipinski definition) is 0. The van der Waals surface area contributed by atoms with Crippen LogP contribution in [0.4, 0.5) is 0 Å². The second-order valence-corrected chi connectivity index (χ2v) is 25.9. The monoisotopic (exact) mass is 1230 g/mol. The van der Waals surface area contributed by atoms with Gasteiger partial charge in [0.15, 0.2) is 0 Å². The second kappa shape index (κ2) is 22.2. The van der Waals surface area contributed by atoms with Crippen molar-refractivity contribution < 1.29 is 0 Å². The molecule has 0 aliphatic rings. The fourth-order valence-electron chi connectivity index (χ4n) is 15.0. The van der Waals surface area contributed by atoms with E-state index in [0.717, 1.165) is 11.4 Å². The highest BCUT2D eigenvalue weighted by Gasteiger charge is 2.22. The Morgan fingerprint density at radius 2 is 0.442 bits per heavy atom. The molecule has 15 aromatic carbocycles. The van der Waals surface area contributed by atoms with Crippen molar-refractivity contribution in [3.05, 3.63) is 352 Å². The van der Waals surface area contributed by atoms with Crippen LogP contribution >= 0.6 is 11.3 Å². The van der Waals surface area contributed by atoms with Gasteiger partial charge in [-0.3, -0.25) is 0 Å². The normalized spacial score (nSPS) is 11.8. The molecule has 0 unspecified atom stereocenters. The van der Waals surface area contributed by atoms with Crippen molar-refractivity contribution in [2.75, 3.05) is 0 Å². The SMILES string of the molecule is c1ccc(-c2ccc(-c3cccc(-n4c5ccccc5c5cc6c(cc54)c4ccccc4n6-c4ccc5c(c4)sc4ccccc45)c3)cc2)cc1.c1ccc(-c2cccc(-c3cccc(-n4c5ccccc5c5cc6c(cc54)c4ccccc4n6-c4ccccc4)c3)c2)cc1. The van der Waals surface area contributed by atoms with Crippen LogP contribution in [-0.4, -0.2) is 18.3 Å². The fraction of sp³-hybridized carbons (Fsp3) is 0. The zero-order valence-corrected chi connectivity index (χ0v) is 52.5. The first-order valence-electron chi connectivity index (χ1n) is 32.5. The largest absolute Gasteiger partial charge is 0.309 e. The van der Waals surface area contributed by atoms with Gasteiger partial charge in [-0.05, 0) is 154 Å². The zero-order valence-electron chi connectivity index (χ0n) is 51.7. The van der Waals surface area contributed by atoms with Crippen LogP contribution in [-0.2, 0) is 0 Å². The minimum absolute atomic E-state index is 1.16. The highest BCUT2D eigenvalue weighted by atomic mass is 32.1. The van der Waals surface area contributed by atoms with Crippen LogP contribution in [0.5, 0.6) is 0 Å². The highest BCUT2D eigenvalue weighted by Crippen LogP contribution is 2.44. The summed E-state index contributed by atoms with van der Waals surface area (Å²) in [6.45, 7) is 0. The lowest BCUT2D eigenvalue weighted by Gasteiger charge is -2.12. The summed E-state index contributed by atoms with van der Waals surface area (Å²) in [5.41, 5.74) is 24.1. The third kappa shape index (κ3) is 9.04. The van der Waals surface area contributed by atoms with Gasteiger partial charge in [-0.2, -0.15) is 0 Å². The van der Waals surface area contributed by atoms with E-state index in [-0.39, 0.29) is 0 Å². The number of hydrogen-bond acceptors (Lipinski definition) is 1. The number of para-hydroxylation sites is 5. The van der Waals surface area contributed by atoms with Crippen LogP contribution in [0.15, 0.2) is 352 Å². The molecule has 0 amide bonds. The van der Waals surface area contributed by atoms with Crippen LogP contribution in [0.3, 0.4) is 0 Å². The van der Waals surface area contributed by atoms with Crippen molar-refractivity contribution in [3.63, 3.8) is 0 Å². The summed E-state index contributed by atoms with van der Waals surface area (Å²) < 4.78 is 12.4. The van der Waals surface area contributed by atoms with E-state index in [0.29, 0.717) is 0 Å². The standard InChI is InChI=1S/C48H30N2S.C42H28N2/c1-2-11-31(12-3-1)32-21-23-33(24-22-32)34-13-10-14-35(27-34)49-43-18-7-4-15-37(43)41-30-46-42(29-45(41)49)38-16-5-8-19-44(38)50(46)36-25-26-40-39-17-6-9-20-47(39)51-48(40)28-36;1-3-13-29(14-4-1)30-15-11-16-31(25-30)32-17-12-20-34(26-32)44-40-24-10-8-22-36(40)38-27-41-37(28-42(38)44)35-21-7-9-23-39(35)43(41)33-18-5-2-6-19-33/h1-30H;1-28H. The van der Waals surface area contributed by atoms with E-state index in [1.165, 1.54) is 163 Å². The Hall–Kier alpha value is -12.3. The molecule has 20 rings (SSSR count). The number of rotatable bonds is 8. The molecular weight excluding hydrogens is 1170 g/mol. The van der Waals surface area contributed by atoms with Crippen molar-refractivity contribution in [2.24, 2.45) is 0 Å². The van der Waals surface area contributed by atoms with Crippen LogP contribution < -0.4 is 0 Å². The molecule has 0 N–H and O–H groups in total. The van der Waals surface area contributed by atoms with E-state index in [1.54, 1.807) is 0 Å². The summed E-state index contributed by atoms with van der Waals surface area (Å²) in [5, 5.41) is 12.7. The highest BCUT2D eigenvalue weighted by molar-refractivity contribution is 7.25. The predicted octanol–water partition coefficient (Wildman–Crippen LogP) is 24.8. The van der Waals surface area contributed by atoms with E-state index in [9.17, 15) is 0 Å². The predicted molar refractivity (Wildman–Crippen MR) is 405 cm³/mol. The van der Waals surface area contributed by atoms with Gasteiger partial charge in [0, 0.05) is 86.0 Å². The minimum Gasteiger partial charge on any atom is -0.309 e. The maximum atomic E-state index is 2.46. The molecular formula is C90H58N4S. The Bertz CT molecular complexity index is 6380. The summed E-state index contributed by atoms with van der Waals surface area (Å²) >= 11 is 1.87. The molecule has 0 saturated carbocycles. The molecule has 5 heteroatoms. The molecule has 0 spiro atoms. The van der Waals surface area contributed by atoms with Crippen molar-refractivity contribution in [1.82, 2.24) is 18.3 Å². The molecule has 444 valence electrons. The smallest absolute Gasteiger partial charge is 0.0548 e. The molecule has 5 heterocycles. The van der Waals surface area contributed by atoms with Crippen molar-refractivity contribution in [1.29, 1.82) is 0 Å². The average Bonchev–Trinajstić information content (AvgIpc) is 1.57. The van der Waals surface area contributed by atoms with Gasteiger partial charge in [0.1, 0.15) is 0 Å². The summed E-state index contributed by atoms with van der Waals surface area (Å²) in [7, 11) is 0. The van der Waals surface area contributed by atoms with Gasteiger partial charge >= 0.3 is 0 Å². The van der Waals surface area contributed by atoms with Crippen LogP contribution in [0.2, 0.25) is 0 Å². The minimum atomic E-state index is 1.16. The Morgan fingerprint density at radius 3 is 0.916 bits per heavy atom. The van der Waals surface area contributed by atoms with E-state index < -0.39 is 0 Å². The van der Waals surface area contributed by atoms with Gasteiger partial charge in [0.2, 0.25) is 0 Å². The molecule has 0 aliphatic carbocycles. The Kier molecular flexibility index (Phi) is 12.7. The number of thiophene rings is 1. The summed E-state index contributed by atoms with van der Waals surface area (Å²) in [6.07, 6.45) is 0. The summed E-state index contributed by atoms with van der Waals surface area (Å²) in [4.78, 5) is 0. The summed E-state index contributed by atoms with van der Waals surface area (Å²) in [5.74, 6) is 0.